The highest BCUT2D eigenvalue weighted by molar-refractivity contribution is 9.10. The molecular weight excluding hydrogens is 1190 g/mol. The molecule has 0 unspecified atom stereocenters. The number of halogens is 1. The lowest BCUT2D eigenvalue weighted by atomic mass is 9.78. The maximum Gasteiger partial charge on any atom is 0.494 e. The minimum absolute atomic E-state index is 0.395. The number of hydrogen-bond donors (Lipinski definition) is 0. The lowest BCUT2D eigenvalue weighted by Crippen LogP contribution is -2.41. The van der Waals surface area contributed by atoms with Gasteiger partial charge in [0.15, 0.2) is 0 Å². The summed E-state index contributed by atoms with van der Waals surface area (Å²) >= 11 is 3.46. The second-order valence-electron chi connectivity index (χ2n) is 25.0. The minimum atomic E-state index is -0.430. The molecule has 7 heterocycles. The van der Waals surface area contributed by atoms with Crippen LogP contribution in [-0.2, 0) is 9.31 Å². The van der Waals surface area contributed by atoms with Gasteiger partial charge in [0.1, 0.15) is 11.3 Å². The molecule has 438 valence electrons. The third-order valence-electron chi connectivity index (χ3n) is 18.8. The molecule has 0 saturated carbocycles. The summed E-state index contributed by atoms with van der Waals surface area (Å²) in [6, 6.07) is 98.3. The Morgan fingerprint density at radius 2 is 0.674 bits per heavy atom. The van der Waals surface area contributed by atoms with Crippen LogP contribution < -0.4 is 5.46 Å². The van der Waals surface area contributed by atoms with Crippen LogP contribution in [-0.4, -0.2) is 47.1 Å². The van der Waals surface area contributed by atoms with Gasteiger partial charge in [0.2, 0.25) is 0 Å². The number of pyridine rings is 4. The first-order chi connectivity index (χ1) is 44.9. The minimum Gasteiger partial charge on any atom is -0.399 e. The van der Waals surface area contributed by atoms with Crippen molar-refractivity contribution in [2.75, 3.05) is 0 Å². The molecule has 0 radical (unpaired) electrons. The lowest BCUT2D eigenvalue weighted by molar-refractivity contribution is 0.00578. The first kappa shape index (κ1) is 55.5. The van der Waals surface area contributed by atoms with Crippen LogP contribution in [0.2, 0.25) is 0 Å². The van der Waals surface area contributed by atoms with Gasteiger partial charge >= 0.3 is 7.12 Å². The molecule has 92 heavy (non-hydrogen) atoms. The van der Waals surface area contributed by atoms with E-state index >= 15 is 0 Å². The van der Waals surface area contributed by atoms with Crippen LogP contribution in [0.3, 0.4) is 0 Å². The van der Waals surface area contributed by atoms with E-state index < -0.39 is 18.3 Å². The molecule has 0 atom stereocenters. The van der Waals surface area contributed by atoms with Gasteiger partial charge in [-0.05, 0) is 179 Å². The predicted molar refractivity (Wildman–Crippen MR) is 387 cm³/mol. The zero-order valence-corrected chi connectivity index (χ0v) is 52.6. The van der Waals surface area contributed by atoms with E-state index in [2.05, 4.69) is 301 Å². The number of fused-ring (bicyclic) bond motifs is 20. The van der Waals surface area contributed by atoms with E-state index in [1.165, 1.54) is 54.9 Å². The van der Waals surface area contributed by atoms with E-state index in [0.717, 1.165) is 109 Å². The largest absolute Gasteiger partial charge is 0.494 e. The first-order valence-electron chi connectivity index (χ1n) is 31.2. The fraction of sp³-hybridized carbons (Fsp3) is 0.0732. The lowest BCUT2D eigenvalue weighted by Gasteiger charge is -2.32. The van der Waals surface area contributed by atoms with Gasteiger partial charge in [-0.3, -0.25) is 8.80 Å². The molecule has 1 fully saturated rings. The first-order valence-corrected chi connectivity index (χ1v) is 32.0. The molecule has 12 aromatic carbocycles. The van der Waals surface area contributed by atoms with E-state index in [0.29, 0.717) is 0 Å². The molecule has 1 aliphatic heterocycles. The van der Waals surface area contributed by atoms with Gasteiger partial charge in [0.05, 0.1) is 66.4 Å². The summed E-state index contributed by atoms with van der Waals surface area (Å²) in [5.74, 6) is 0. The summed E-state index contributed by atoms with van der Waals surface area (Å²) in [7, 11) is -0.430. The summed E-state index contributed by atoms with van der Waals surface area (Å²) < 4.78 is 18.4. The molecule has 1 saturated heterocycles. The van der Waals surface area contributed by atoms with Gasteiger partial charge in [-0.2, -0.15) is 0 Å². The molecule has 0 amide bonds. The van der Waals surface area contributed by atoms with Crippen molar-refractivity contribution in [3.8, 4) is 33.4 Å². The average molecular weight is 1250 g/mol. The van der Waals surface area contributed by atoms with E-state index in [1.807, 2.05) is 30.3 Å². The van der Waals surface area contributed by atoms with Gasteiger partial charge in [-0.25, -0.2) is 19.9 Å². The van der Waals surface area contributed by atoms with Crippen LogP contribution in [0, 0.1) is 0 Å². The van der Waals surface area contributed by atoms with Crippen molar-refractivity contribution in [1.29, 1.82) is 0 Å². The molecule has 19 rings (SSSR count). The summed E-state index contributed by atoms with van der Waals surface area (Å²) in [6.07, 6.45) is 0. The number of aromatic nitrogens is 6. The van der Waals surface area contributed by atoms with Crippen molar-refractivity contribution in [3.05, 3.63) is 284 Å². The fourth-order valence-corrected chi connectivity index (χ4v) is 13.5. The molecule has 0 spiro atoms. The molecule has 1 aliphatic rings. The number of benzene rings is 12. The van der Waals surface area contributed by atoms with E-state index in [9.17, 15) is 0 Å². The van der Waals surface area contributed by atoms with E-state index in [1.54, 1.807) is 0 Å². The Morgan fingerprint density at radius 1 is 0.304 bits per heavy atom. The Kier molecular flexibility index (Phi) is 13.1. The number of nitrogens with zero attached hydrogens (tertiary/aromatic N) is 6. The van der Waals surface area contributed by atoms with Gasteiger partial charge in [0.25, 0.3) is 0 Å². The molecule has 0 aliphatic carbocycles. The van der Waals surface area contributed by atoms with Crippen LogP contribution in [0.4, 0.5) is 0 Å². The van der Waals surface area contributed by atoms with Gasteiger partial charge < -0.3 is 9.31 Å². The summed E-state index contributed by atoms with van der Waals surface area (Å²) in [5, 5.41) is 11.6. The SMILES string of the molecule is Brc1ccc(-c2ccc3ccccc3c2)cc1.CC1(C)OB(c2ccc3c(c2)c2nc4ccccc4cc2c2nc4ccccc4n32)OC1(C)C.c1ccc2cc(-c3ccc(-c4ccc5c(c4)c4nc6ccccc6cc4c4nc6ccccc6n54)cc3)ccc2c1. The van der Waals surface area contributed by atoms with Crippen LogP contribution in [0.1, 0.15) is 27.7 Å². The predicted octanol–water partition coefficient (Wildman–Crippen LogP) is 20.7. The second kappa shape index (κ2) is 21.8. The van der Waals surface area contributed by atoms with Crippen LogP contribution in [0.5, 0.6) is 0 Å². The van der Waals surface area contributed by atoms with Crippen molar-refractivity contribution >= 4 is 149 Å². The molecule has 0 N–H and O–H groups in total. The third-order valence-corrected chi connectivity index (χ3v) is 19.3. The Morgan fingerprint density at radius 3 is 1.16 bits per heavy atom. The molecule has 0 bridgehead atoms. The molecule has 10 heteroatoms. The highest BCUT2D eigenvalue weighted by Gasteiger charge is 2.51. The summed E-state index contributed by atoms with van der Waals surface area (Å²) in [6.45, 7) is 8.33. The maximum atomic E-state index is 6.36. The Balaban J connectivity index is 0.000000114. The highest BCUT2D eigenvalue weighted by atomic mass is 79.9. The summed E-state index contributed by atoms with van der Waals surface area (Å²) in [5.41, 5.74) is 19.6. The van der Waals surface area contributed by atoms with Crippen LogP contribution in [0.25, 0.3) is 154 Å². The van der Waals surface area contributed by atoms with Gasteiger partial charge in [-0.1, -0.05) is 204 Å². The Bertz CT molecular complexity index is 5980. The molecule has 18 aromatic rings. The van der Waals surface area contributed by atoms with Crippen molar-refractivity contribution in [1.82, 2.24) is 28.7 Å². The molecular formula is C82H58BBrN6O2. The van der Waals surface area contributed by atoms with Crippen LogP contribution >= 0.6 is 15.9 Å². The second-order valence-corrected chi connectivity index (χ2v) is 25.9. The monoisotopic (exact) mass is 1250 g/mol. The standard InChI is InChI=1S/C38H23N3.C28H24BN3O2.C16H11Br/c1-2-8-27-21-28(18-17-24(27)7-1)25-13-15-26(16-14-25)29-19-20-35-31(22-29)37-32(23-30-9-3-4-10-33(30)39-37)38-40-34-11-5-6-12-36(34)41(35)38;1-27(2)28(3,4)34-29(33-27)18-13-14-23-19(16-18)25-20(15-17-9-5-6-10-21(17)30-25)26-31-22-11-7-8-12-24(22)32(23)26;17-16-9-7-13(8-10-16)15-6-5-12-3-1-2-4-14(12)11-15/h1-23H;5-16H,1-4H3;1-11H. The summed E-state index contributed by atoms with van der Waals surface area (Å²) in [4.78, 5) is 20.4. The number of hydrogen-bond acceptors (Lipinski definition) is 6. The normalized spacial score (nSPS) is 13.8. The van der Waals surface area contributed by atoms with Crippen molar-refractivity contribution in [2.24, 2.45) is 0 Å². The maximum absolute atomic E-state index is 6.36. The quantitative estimate of drug-likeness (QED) is 0.0992. The number of para-hydroxylation sites is 6. The smallest absolute Gasteiger partial charge is 0.399 e. The Labute approximate surface area is 539 Å². The van der Waals surface area contributed by atoms with Crippen molar-refractivity contribution in [3.63, 3.8) is 0 Å². The van der Waals surface area contributed by atoms with E-state index in [4.69, 9.17) is 29.2 Å². The third kappa shape index (κ3) is 9.52. The zero-order chi connectivity index (χ0) is 61.8. The zero-order valence-electron chi connectivity index (χ0n) is 51.0. The van der Waals surface area contributed by atoms with Gasteiger partial charge in [0, 0.05) is 36.8 Å². The average Bonchev–Trinajstić information content (AvgIpc) is 1.46. The highest BCUT2D eigenvalue weighted by Crippen LogP contribution is 2.40. The topological polar surface area (TPSA) is 78.8 Å². The number of rotatable bonds is 4. The fourth-order valence-electron chi connectivity index (χ4n) is 13.3. The number of imidazole rings is 2. The Hall–Kier alpha value is -10.6. The van der Waals surface area contributed by atoms with Gasteiger partial charge in [-0.15, -0.1) is 0 Å². The van der Waals surface area contributed by atoms with Crippen molar-refractivity contribution in [2.45, 2.75) is 38.9 Å². The van der Waals surface area contributed by atoms with Crippen LogP contribution in [0.15, 0.2) is 284 Å². The molecule has 6 aromatic heterocycles. The molecule has 8 nitrogen and oxygen atoms in total. The van der Waals surface area contributed by atoms with E-state index in [-0.39, 0.29) is 0 Å². The van der Waals surface area contributed by atoms with Crippen molar-refractivity contribution < 1.29 is 9.31 Å².